The van der Waals surface area contributed by atoms with Crippen LogP contribution in [0, 0.1) is 11.6 Å². The van der Waals surface area contributed by atoms with E-state index in [4.69, 9.17) is 11.6 Å². The Hall–Kier alpha value is -2.71. The summed E-state index contributed by atoms with van der Waals surface area (Å²) in [5.74, 6) is -2.17. The number of aromatic nitrogens is 2. The van der Waals surface area contributed by atoms with Crippen molar-refractivity contribution in [2.75, 3.05) is 5.32 Å². The number of rotatable bonds is 4. The quantitative estimate of drug-likeness (QED) is 0.470. The molecule has 0 saturated carbocycles. The first kappa shape index (κ1) is 19.6. The highest BCUT2D eigenvalue weighted by Gasteiger charge is 2.32. The fourth-order valence-electron chi connectivity index (χ4n) is 3.23. The molecule has 0 fully saturated rings. The van der Waals surface area contributed by atoms with Gasteiger partial charge in [0.2, 0.25) is 5.91 Å². The van der Waals surface area contributed by atoms with Gasteiger partial charge in [-0.25, -0.2) is 13.8 Å². The van der Waals surface area contributed by atoms with Gasteiger partial charge < -0.3 is 10.3 Å². The standard InChI is InChI=1S/C20H14ClF2N3O2S/c21-14-4-2-1-3-10(14)9-29-20-25-18-17(19(28)26-20)13(8-16(27)24-18)12-7-11(22)5-6-15(12)23/h1-7,13H,8-9H2,(H2,24,25,26,27,28)/t13-/m0/s1. The van der Waals surface area contributed by atoms with Gasteiger partial charge in [0.1, 0.15) is 17.5 Å². The molecule has 1 aliphatic rings. The molecule has 0 saturated heterocycles. The van der Waals surface area contributed by atoms with E-state index in [-0.39, 0.29) is 28.5 Å². The number of anilines is 1. The van der Waals surface area contributed by atoms with Gasteiger partial charge >= 0.3 is 0 Å². The van der Waals surface area contributed by atoms with Gasteiger partial charge in [0, 0.05) is 23.1 Å². The molecular formula is C20H14ClF2N3O2S. The minimum Gasteiger partial charge on any atom is -0.310 e. The Morgan fingerprint density at radius 2 is 1.97 bits per heavy atom. The largest absolute Gasteiger partial charge is 0.310 e. The molecule has 9 heteroatoms. The van der Waals surface area contributed by atoms with Crippen molar-refractivity contribution in [1.82, 2.24) is 9.97 Å². The number of nitrogens with one attached hydrogen (secondary N) is 2. The van der Waals surface area contributed by atoms with Crippen LogP contribution in [0.1, 0.15) is 29.0 Å². The average molecular weight is 434 g/mol. The Kier molecular flexibility index (Phi) is 5.38. The first-order valence-electron chi connectivity index (χ1n) is 8.67. The minimum atomic E-state index is -0.923. The second kappa shape index (κ2) is 7.96. The molecule has 1 atom stereocenters. The predicted molar refractivity (Wildman–Crippen MR) is 107 cm³/mol. The SMILES string of the molecule is O=C1C[C@@H](c2cc(F)ccc2F)c2c(nc(SCc3ccccc3Cl)[nH]c2=O)N1. The zero-order valence-corrected chi connectivity index (χ0v) is 16.4. The number of fused-ring (bicyclic) bond motifs is 1. The van der Waals surface area contributed by atoms with Crippen LogP contribution in [0.3, 0.4) is 0 Å². The fourth-order valence-corrected chi connectivity index (χ4v) is 4.37. The molecule has 3 aromatic rings. The number of hydrogen-bond acceptors (Lipinski definition) is 4. The van der Waals surface area contributed by atoms with Gasteiger partial charge in [0.15, 0.2) is 5.16 Å². The van der Waals surface area contributed by atoms with Crippen molar-refractivity contribution in [2.45, 2.75) is 23.2 Å². The lowest BCUT2D eigenvalue weighted by atomic mass is 9.86. The van der Waals surface area contributed by atoms with Crippen molar-refractivity contribution in [3.63, 3.8) is 0 Å². The number of hydrogen-bond donors (Lipinski definition) is 2. The monoisotopic (exact) mass is 433 g/mol. The van der Waals surface area contributed by atoms with E-state index in [9.17, 15) is 18.4 Å². The summed E-state index contributed by atoms with van der Waals surface area (Å²) in [5, 5.41) is 3.44. The third-order valence-corrected chi connectivity index (χ3v) is 5.88. The molecule has 4 rings (SSSR count). The van der Waals surface area contributed by atoms with Crippen LogP contribution in [0.15, 0.2) is 52.4 Å². The maximum Gasteiger partial charge on any atom is 0.257 e. The number of benzene rings is 2. The number of carbonyl (C=O) groups is 1. The van der Waals surface area contributed by atoms with Crippen LogP contribution < -0.4 is 10.9 Å². The molecule has 1 aromatic heterocycles. The normalized spacial score (nSPS) is 15.7. The van der Waals surface area contributed by atoms with Gasteiger partial charge in [0.05, 0.1) is 5.56 Å². The minimum absolute atomic E-state index is 0.0510. The van der Waals surface area contributed by atoms with Crippen molar-refractivity contribution in [2.24, 2.45) is 0 Å². The Morgan fingerprint density at radius 3 is 2.76 bits per heavy atom. The molecule has 0 spiro atoms. The highest BCUT2D eigenvalue weighted by atomic mass is 35.5. The summed E-state index contributed by atoms with van der Waals surface area (Å²) in [6, 6.07) is 10.3. The van der Waals surface area contributed by atoms with Crippen molar-refractivity contribution in [3.8, 4) is 0 Å². The number of carbonyl (C=O) groups excluding carboxylic acids is 1. The summed E-state index contributed by atoms with van der Waals surface area (Å²) in [7, 11) is 0. The average Bonchev–Trinajstić information content (AvgIpc) is 2.68. The van der Waals surface area contributed by atoms with Gasteiger partial charge in [-0.05, 0) is 35.4 Å². The van der Waals surface area contributed by atoms with E-state index < -0.39 is 29.0 Å². The zero-order chi connectivity index (χ0) is 20.5. The summed E-state index contributed by atoms with van der Waals surface area (Å²) >= 11 is 7.38. The number of halogens is 3. The Bertz CT molecular complexity index is 1170. The van der Waals surface area contributed by atoms with Crippen molar-refractivity contribution in [1.29, 1.82) is 0 Å². The second-order valence-corrected chi connectivity index (χ2v) is 7.86. The van der Waals surface area contributed by atoms with E-state index in [1.807, 2.05) is 18.2 Å². The number of aromatic amines is 1. The lowest BCUT2D eigenvalue weighted by Gasteiger charge is -2.24. The van der Waals surface area contributed by atoms with E-state index in [0.717, 1.165) is 23.8 Å². The Balaban J connectivity index is 1.70. The van der Waals surface area contributed by atoms with Gasteiger partial charge in [-0.2, -0.15) is 0 Å². The van der Waals surface area contributed by atoms with E-state index in [0.29, 0.717) is 10.8 Å². The number of amides is 1. The van der Waals surface area contributed by atoms with Gasteiger partial charge in [-0.1, -0.05) is 41.6 Å². The highest BCUT2D eigenvalue weighted by molar-refractivity contribution is 7.98. The molecule has 148 valence electrons. The molecule has 29 heavy (non-hydrogen) atoms. The van der Waals surface area contributed by atoms with Gasteiger partial charge in [-0.15, -0.1) is 0 Å². The summed E-state index contributed by atoms with van der Waals surface area (Å²) in [6.45, 7) is 0. The van der Waals surface area contributed by atoms with Crippen LogP contribution in [0.4, 0.5) is 14.6 Å². The predicted octanol–water partition coefficient (Wildman–Crippen LogP) is 4.47. The van der Waals surface area contributed by atoms with E-state index in [1.54, 1.807) is 6.07 Å². The summed E-state index contributed by atoms with van der Waals surface area (Å²) in [4.78, 5) is 31.9. The molecule has 0 bridgehead atoms. The van der Waals surface area contributed by atoms with Crippen LogP contribution in [0.5, 0.6) is 0 Å². The summed E-state index contributed by atoms with van der Waals surface area (Å²) in [6.07, 6.45) is -0.176. The number of thioether (sulfide) groups is 1. The molecule has 5 nitrogen and oxygen atoms in total. The molecule has 2 aromatic carbocycles. The molecule has 0 unspecified atom stereocenters. The van der Waals surface area contributed by atoms with Crippen LogP contribution in [-0.4, -0.2) is 15.9 Å². The van der Waals surface area contributed by atoms with E-state index >= 15 is 0 Å². The Labute approximate surface area is 173 Å². The van der Waals surface area contributed by atoms with Gasteiger partial charge in [0.25, 0.3) is 5.56 Å². The van der Waals surface area contributed by atoms with Crippen LogP contribution >= 0.6 is 23.4 Å². The lowest BCUT2D eigenvalue weighted by Crippen LogP contribution is -2.31. The summed E-state index contributed by atoms with van der Waals surface area (Å²) < 4.78 is 27.9. The Morgan fingerprint density at radius 1 is 1.17 bits per heavy atom. The fraction of sp³-hybridized carbons (Fsp3) is 0.150. The van der Waals surface area contributed by atoms with Crippen molar-refractivity contribution >= 4 is 35.1 Å². The molecule has 2 heterocycles. The third-order valence-electron chi connectivity index (χ3n) is 4.59. The highest BCUT2D eigenvalue weighted by Crippen LogP contribution is 2.36. The molecule has 1 aliphatic heterocycles. The molecular weight excluding hydrogens is 420 g/mol. The summed E-state index contributed by atoms with van der Waals surface area (Å²) in [5.41, 5.74) is 0.412. The lowest BCUT2D eigenvalue weighted by molar-refractivity contribution is -0.116. The first-order chi connectivity index (χ1) is 13.9. The maximum absolute atomic E-state index is 14.3. The molecule has 0 aliphatic carbocycles. The smallest absolute Gasteiger partial charge is 0.257 e. The van der Waals surface area contributed by atoms with Crippen LogP contribution in [-0.2, 0) is 10.5 Å². The van der Waals surface area contributed by atoms with Crippen LogP contribution in [0.2, 0.25) is 5.02 Å². The number of H-pyrrole nitrogens is 1. The molecule has 2 N–H and O–H groups in total. The third kappa shape index (κ3) is 4.04. The second-order valence-electron chi connectivity index (χ2n) is 6.48. The van der Waals surface area contributed by atoms with E-state index in [2.05, 4.69) is 15.3 Å². The first-order valence-corrected chi connectivity index (χ1v) is 10.0. The molecule has 0 radical (unpaired) electrons. The van der Waals surface area contributed by atoms with E-state index in [1.165, 1.54) is 11.8 Å². The number of nitrogens with zero attached hydrogens (tertiary/aromatic N) is 1. The topological polar surface area (TPSA) is 74.8 Å². The van der Waals surface area contributed by atoms with Crippen molar-refractivity contribution in [3.05, 3.63) is 86.2 Å². The maximum atomic E-state index is 14.3. The van der Waals surface area contributed by atoms with Crippen LogP contribution in [0.25, 0.3) is 0 Å². The zero-order valence-electron chi connectivity index (χ0n) is 14.8. The van der Waals surface area contributed by atoms with Gasteiger partial charge in [-0.3, -0.25) is 9.59 Å². The molecule has 1 amide bonds. The van der Waals surface area contributed by atoms with Crippen molar-refractivity contribution < 1.29 is 13.6 Å².